The van der Waals surface area contributed by atoms with E-state index in [9.17, 15) is 0 Å². The zero-order valence-corrected chi connectivity index (χ0v) is 10.7. The van der Waals surface area contributed by atoms with E-state index in [4.69, 9.17) is 0 Å². The lowest BCUT2D eigenvalue weighted by Gasteiger charge is -2.18. The van der Waals surface area contributed by atoms with Gasteiger partial charge < -0.3 is 5.32 Å². The second-order valence-electron chi connectivity index (χ2n) is 4.78. The molecule has 1 saturated carbocycles. The number of rotatable bonds is 5. The van der Waals surface area contributed by atoms with Gasteiger partial charge in [0.1, 0.15) is 0 Å². The van der Waals surface area contributed by atoms with Crippen LogP contribution in [0, 0.1) is 18.8 Å². The van der Waals surface area contributed by atoms with Crippen molar-refractivity contribution < 1.29 is 0 Å². The first-order valence-corrected chi connectivity index (χ1v) is 6.89. The molecule has 3 atom stereocenters. The Balaban J connectivity index is 2.08. The molecule has 0 spiro atoms. The fourth-order valence-electron chi connectivity index (χ4n) is 2.26. The van der Waals surface area contributed by atoms with Gasteiger partial charge in [0.15, 0.2) is 0 Å². The van der Waals surface area contributed by atoms with E-state index in [0.29, 0.717) is 6.04 Å². The molecule has 1 heterocycles. The molecule has 1 nitrogen and oxygen atoms in total. The van der Waals surface area contributed by atoms with Crippen molar-refractivity contribution in [2.45, 2.75) is 39.7 Å². The van der Waals surface area contributed by atoms with Crippen LogP contribution in [0.25, 0.3) is 0 Å². The van der Waals surface area contributed by atoms with Gasteiger partial charge in [-0.1, -0.05) is 13.8 Å². The summed E-state index contributed by atoms with van der Waals surface area (Å²) in [6.45, 7) is 7.99. The van der Waals surface area contributed by atoms with Crippen LogP contribution in [0.5, 0.6) is 0 Å². The molecule has 15 heavy (non-hydrogen) atoms. The molecule has 0 aliphatic heterocycles. The van der Waals surface area contributed by atoms with Gasteiger partial charge >= 0.3 is 0 Å². The first-order chi connectivity index (χ1) is 7.24. The molecule has 2 heteroatoms. The summed E-state index contributed by atoms with van der Waals surface area (Å²) in [5.41, 5.74) is 1.47. The van der Waals surface area contributed by atoms with E-state index in [2.05, 4.69) is 37.5 Å². The average molecular weight is 223 g/mol. The van der Waals surface area contributed by atoms with E-state index < -0.39 is 0 Å². The minimum Gasteiger partial charge on any atom is -0.309 e. The number of aryl methyl sites for hydroxylation is 1. The fraction of sp³-hybridized carbons (Fsp3) is 0.692. The van der Waals surface area contributed by atoms with Gasteiger partial charge in [-0.25, -0.2) is 0 Å². The van der Waals surface area contributed by atoms with Gasteiger partial charge in [-0.3, -0.25) is 0 Å². The van der Waals surface area contributed by atoms with Crippen LogP contribution in [0.3, 0.4) is 0 Å². The molecule has 3 unspecified atom stereocenters. The molecule has 0 aromatic carbocycles. The summed E-state index contributed by atoms with van der Waals surface area (Å²) in [5, 5.41) is 5.94. The van der Waals surface area contributed by atoms with Gasteiger partial charge in [0.05, 0.1) is 0 Å². The quantitative estimate of drug-likeness (QED) is 0.801. The van der Waals surface area contributed by atoms with Crippen molar-refractivity contribution in [3.8, 4) is 0 Å². The molecule has 0 bridgehead atoms. The van der Waals surface area contributed by atoms with Crippen LogP contribution in [-0.2, 0) is 0 Å². The molecule has 1 aliphatic carbocycles. The van der Waals surface area contributed by atoms with Crippen molar-refractivity contribution in [1.82, 2.24) is 5.32 Å². The van der Waals surface area contributed by atoms with Crippen molar-refractivity contribution in [2.75, 3.05) is 6.54 Å². The number of hydrogen-bond donors (Lipinski definition) is 1. The monoisotopic (exact) mass is 223 g/mol. The third kappa shape index (κ3) is 2.43. The van der Waals surface area contributed by atoms with Crippen LogP contribution in [0.15, 0.2) is 11.4 Å². The minimum atomic E-state index is 0.625. The summed E-state index contributed by atoms with van der Waals surface area (Å²) < 4.78 is 0. The largest absolute Gasteiger partial charge is 0.309 e. The molecule has 1 aromatic heterocycles. The Bertz CT molecular complexity index is 318. The van der Waals surface area contributed by atoms with Gasteiger partial charge in [-0.15, -0.1) is 11.3 Å². The van der Waals surface area contributed by atoms with Gasteiger partial charge in [-0.05, 0) is 55.2 Å². The van der Waals surface area contributed by atoms with Crippen molar-refractivity contribution in [3.63, 3.8) is 0 Å². The summed E-state index contributed by atoms with van der Waals surface area (Å²) in [5.74, 6) is 1.80. The minimum absolute atomic E-state index is 0.625. The van der Waals surface area contributed by atoms with E-state index in [1.54, 1.807) is 4.88 Å². The second kappa shape index (κ2) is 4.67. The highest BCUT2D eigenvalue weighted by molar-refractivity contribution is 7.10. The average Bonchev–Trinajstić information content (AvgIpc) is 2.77. The molecular formula is C13H21NS. The van der Waals surface area contributed by atoms with E-state index in [1.807, 2.05) is 11.3 Å². The highest BCUT2D eigenvalue weighted by Gasteiger charge is 2.40. The van der Waals surface area contributed by atoms with E-state index >= 15 is 0 Å². The zero-order chi connectivity index (χ0) is 10.8. The van der Waals surface area contributed by atoms with Gasteiger partial charge in [0.2, 0.25) is 0 Å². The molecule has 1 aromatic rings. The smallest absolute Gasteiger partial charge is 0.0448 e. The Kier molecular flexibility index (Phi) is 3.47. The van der Waals surface area contributed by atoms with Crippen LogP contribution in [0.2, 0.25) is 0 Å². The van der Waals surface area contributed by atoms with Crippen molar-refractivity contribution >= 4 is 11.3 Å². The Hall–Kier alpha value is -0.340. The summed E-state index contributed by atoms with van der Waals surface area (Å²) in [4.78, 5) is 1.57. The topological polar surface area (TPSA) is 12.0 Å². The Morgan fingerprint density at radius 2 is 2.33 bits per heavy atom. The lowest BCUT2D eigenvalue weighted by molar-refractivity contribution is 0.468. The van der Waals surface area contributed by atoms with Crippen LogP contribution in [0.4, 0.5) is 0 Å². The van der Waals surface area contributed by atoms with Crippen molar-refractivity contribution in [2.24, 2.45) is 11.8 Å². The lowest BCUT2D eigenvalue weighted by atomic mass is 10.1. The van der Waals surface area contributed by atoms with E-state index in [-0.39, 0.29) is 0 Å². The molecule has 0 amide bonds. The molecule has 0 saturated heterocycles. The third-order valence-electron chi connectivity index (χ3n) is 3.40. The maximum atomic E-state index is 3.72. The molecular weight excluding hydrogens is 202 g/mol. The maximum absolute atomic E-state index is 3.72. The number of nitrogens with one attached hydrogen (secondary N) is 1. The Labute approximate surface area is 96.9 Å². The van der Waals surface area contributed by atoms with Crippen LogP contribution in [0.1, 0.15) is 43.2 Å². The highest BCUT2D eigenvalue weighted by atomic mass is 32.1. The Morgan fingerprint density at radius 3 is 2.80 bits per heavy atom. The molecule has 1 aliphatic rings. The van der Waals surface area contributed by atoms with E-state index in [1.165, 1.54) is 18.4 Å². The molecule has 84 valence electrons. The van der Waals surface area contributed by atoms with Gasteiger partial charge in [-0.2, -0.15) is 0 Å². The first kappa shape index (κ1) is 11.2. The number of hydrogen-bond acceptors (Lipinski definition) is 2. The van der Waals surface area contributed by atoms with E-state index in [0.717, 1.165) is 18.4 Å². The normalized spacial score (nSPS) is 26.6. The third-order valence-corrected chi connectivity index (χ3v) is 4.50. The molecule has 1 fully saturated rings. The van der Waals surface area contributed by atoms with Crippen LogP contribution < -0.4 is 5.32 Å². The summed E-state index contributed by atoms with van der Waals surface area (Å²) in [6.07, 6.45) is 2.63. The predicted molar refractivity (Wildman–Crippen MR) is 67.4 cm³/mol. The van der Waals surface area contributed by atoms with Crippen molar-refractivity contribution in [1.29, 1.82) is 0 Å². The fourth-order valence-corrected chi connectivity index (χ4v) is 3.33. The van der Waals surface area contributed by atoms with Crippen LogP contribution in [-0.4, -0.2) is 6.54 Å². The maximum Gasteiger partial charge on any atom is 0.0448 e. The van der Waals surface area contributed by atoms with Crippen molar-refractivity contribution in [3.05, 3.63) is 21.9 Å². The van der Waals surface area contributed by atoms with Gasteiger partial charge in [0, 0.05) is 10.9 Å². The molecule has 1 N–H and O–H groups in total. The molecule has 2 rings (SSSR count). The zero-order valence-electron chi connectivity index (χ0n) is 9.92. The highest BCUT2D eigenvalue weighted by Crippen LogP contribution is 2.48. The molecule has 0 radical (unpaired) electrons. The lowest BCUT2D eigenvalue weighted by Crippen LogP contribution is -2.24. The first-order valence-electron chi connectivity index (χ1n) is 6.01. The van der Waals surface area contributed by atoms with Gasteiger partial charge in [0.25, 0.3) is 0 Å². The second-order valence-corrected chi connectivity index (χ2v) is 5.72. The summed E-state index contributed by atoms with van der Waals surface area (Å²) in [7, 11) is 0. The Morgan fingerprint density at radius 1 is 1.60 bits per heavy atom. The standard InChI is InChI=1S/C13H21NS/c1-4-6-14-12(11-8-10(11)3)13-9(2)5-7-15-13/h5,7,10-12,14H,4,6,8H2,1-3H3. The number of thiophene rings is 1. The predicted octanol–water partition coefficient (Wildman–Crippen LogP) is 3.75. The SMILES string of the molecule is CCCNC(c1sccc1C)C1CC1C. The summed E-state index contributed by atoms with van der Waals surface area (Å²) >= 11 is 1.92. The summed E-state index contributed by atoms with van der Waals surface area (Å²) in [6, 6.07) is 2.87. The van der Waals surface area contributed by atoms with Crippen LogP contribution >= 0.6 is 11.3 Å².